The first-order chi connectivity index (χ1) is 10.8. The molecule has 0 bridgehead atoms. The highest BCUT2D eigenvalue weighted by Gasteiger charge is 2.09. The van der Waals surface area contributed by atoms with E-state index < -0.39 is 0 Å². The molecule has 1 heterocycles. The van der Waals surface area contributed by atoms with Crippen LogP contribution >= 0.6 is 11.3 Å². The van der Waals surface area contributed by atoms with Crippen LogP contribution in [0.15, 0.2) is 72.1 Å². The fraction of sp³-hybridized carbons (Fsp3) is 0.0556. The van der Waals surface area contributed by atoms with Crippen LogP contribution in [0.1, 0.15) is 15.2 Å². The summed E-state index contributed by atoms with van der Waals surface area (Å²) < 4.78 is 5.68. The molecule has 4 heteroatoms. The lowest BCUT2D eigenvalue weighted by molar-refractivity contribution is 0.103. The number of ether oxygens (including phenoxy) is 1. The van der Waals surface area contributed by atoms with Gasteiger partial charge in [0.25, 0.3) is 5.91 Å². The summed E-state index contributed by atoms with van der Waals surface area (Å²) in [6, 6.07) is 20.9. The second kappa shape index (κ2) is 6.91. The van der Waals surface area contributed by atoms with E-state index in [1.54, 1.807) is 0 Å². The Morgan fingerprint density at radius 1 is 1.00 bits per heavy atom. The molecule has 1 aromatic heterocycles. The van der Waals surface area contributed by atoms with E-state index in [1.165, 1.54) is 11.3 Å². The quantitative estimate of drug-likeness (QED) is 0.749. The van der Waals surface area contributed by atoms with Crippen LogP contribution in [0.3, 0.4) is 0 Å². The maximum Gasteiger partial charge on any atom is 0.265 e. The van der Waals surface area contributed by atoms with Crippen molar-refractivity contribution in [3.63, 3.8) is 0 Å². The number of thiophene rings is 1. The maximum absolute atomic E-state index is 12.2. The first-order valence-electron chi connectivity index (χ1n) is 6.93. The number of carbonyl (C=O) groups is 1. The number of anilines is 1. The van der Waals surface area contributed by atoms with Crippen molar-refractivity contribution >= 4 is 22.9 Å². The van der Waals surface area contributed by atoms with Crippen molar-refractivity contribution < 1.29 is 9.53 Å². The zero-order valence-corrected chi connectivity index (χ0v) is 12.7. The highest BCUT2D eigenvalue weighted by atomic mass is 32.1. The number of para-hydroxylation sites is 2. The number of amides is 1. The van der Waals surface area contributed by atoms with E-state index >= 15 is 0 Å². The van der Waals surface area contributed by atoms with Gasteiger partial charge in [0.15, 0.2) is 0 Å². The zero-order valence-electron chi connectivity index (χ0n) is 11.9. The molecule has 0 saturated carbocycles. The van der Waals surface area contributed by atoms with Gasteiger partial charge >= 0.3 is 0 Å². The van der Waals surface area contributed by atoms with E-state index in [2.05, 4.69) is 5.32 Å². The predicted octanol–water partition coefficient (Wildman–Crippen LogP) is 4.58. The first-order valence-corrected chi connectivity index (χ1v) is 7.81. The SMILES string of the molecule is O=C(Nc1ccccc1)c1cc(COc2ccccc2)cs1. The normalized spacial score (nSPS) is 10.2. The average molecular weight is 309 g/mol. The summed E-state index contributed by atoms with van der Waals surface area (Å²) in [5.41, 5.74) is 1.79. The van der Waals surface area contributed by atoms with Crippen LogP contribution in [-0.4, -0.2) is 5.91 Å². The largest absolute Gasteiger partial charge is 0.489 e. The molecule has 3 aromatic rings. The minimum absolute atomic E-state index is 0.0952. The van der Waals surface area contributed by atoms with Gasteiger partial charge < -0.3 is 10.1 Å². The average Bonchev–Trinajstić information content (AvgIpc) is 3.04. The van der Waals surface area contributed by atoms with E-state index in [1.807, 2.05) is 72.1 Å². The van der Waals surface area contributed by atoms with Crippen molar-refractivity contribution in [1.29, 1.82) is 0 Å². The summed E-state index contributed by atoms with van der Waals surface area (Å²) >= 11 is 1.42. The highest BCUT2D eigenvalue weighted by Crippen LogP contribution is 2.19. The minimum atomic E-state index is -0.0952. The first kappa shape index (κ1) is 14.4. The van der Waals surface area contributed by atoms with Gasteiger partial charge in [0.05, 0.1) is 4.88 Å². The molecule has 0 radical (unpaired) electrons. The molecule has 0 fully saturated rings. The Morgan fingerprint density at radius 2 is 1.68 bits per heavy atom. The molecule has 3 rings (SSSR count). The molecule has 0 atom stereocenters. The summed E-state index contributed by atoms with van der Waals surface area (Å²) in [5.74, 6) is 0.728. The molecule has 0 aliphatic heterocycles. The molecular formula is C18H15NO2S. The van der Waals surface area contributed by atoms with Gasteiger partial charge in [-0.1, -0.05) is 36.4 Å². The predicted molar refractivity (Wildman–Crippen MR) is 89.5 cm³/mol. The van der Waals surface area contributed by atoms with Gasteiger partial charge in [-0.25, -0.2) is 0 Å². The molecular weight excluding hydrogens is 294 g/mol. The van der Waals surface area contributed by atoms with Crippen LogP contribution in [0.25, 0.3) is 0 Å². The Balaban J connectivity index is 1.60. The number of carbonyl (C=O) groups excluding carboxylic acids is 1. The maximum atomic E-state index is 12.2. The molecule has 1 N–H and O–H groups in total. The summed E-state index contributed by atoms with van der Waals surface area (Å²) in [6.45, 7) is 0.457. The smallest absolute Gasteiger partial charge is 0.265 e. The molecule has 0 aliphatic carbocycles. The standard InChI is InChI=1S/C18H15NO2S/c20-18(19-15-7-3-1-4-8-15)17-11-14(13-22-17)12-21-16-9-5-2-6-10-16/h1-11,13H,12H2,(H,19,20). The Labute approximate surface area is 133 Å². The van der Waals surface area contributed by atoms with Gasteiger partial charge in [0, 0.05) is 11.3 Å². The van der Waals surface area contributed by atoms with Gasteiger partial charge in [-0.05, 0) is 35.7 Å². The van der Waals surface area contributed by atoms with Crippen molar-refractivity contribution in [2.24, 2.45) is 0 Å². The van der Waals surface area contributed by atoms with Crippen LogP contribution in [-0.2, 0) is 6.61 Å². The van der Waals surface area contributed by atoms with Crippen LogP contribution in [0, 0.1) is 0 Å². The van der Waals surface area contributed by atoms with Crippen LogP contribution in [0.5, 0.6) is 5.75 Å². The van der Waals surface area contributed by atoms with E-state index in [-0.39, 0.29) is 5.91 Å². The van der Waals surface area contributed by atoms with Crippen LogP contribution in [0.2, 0.25) is 0 Å². The van der Waals surface area contributed by atoms with Gasteiger partial charge in [0.2, 0.25) is 0 Å². The van der Waals surface area contributed by atoms with Crippen molar-refractivity contribution in [3.05, 3.63) is 82.6 Å². The molecule has 0 spiro atoms. The summed E-state index contributed by atoms with van der Waals surface area (Å²) in [7, 11) is 0. The number of hydrogen-bond acceptors (Lipinski definition) is 3. The number of hydrogen-bond donors (Lipinski definition) is 1. The van der Waals surface area contributed by atoms with Gasteiger partial charge in [-0.3, -0.25) is 4.79 Å². The molecule has 0 saturated heterocycles. The highest BCUT2D eigenvalue weighted by molar-refractivity contribution is 7.12. The van der Waals surface area contributed by atoms with Gasteiger partial charge in [0.1, 0.15) is 12.4 Å². The third-order valence-electron chi connectivity index (χ3n) is 3.06. The Hall–Kier alpha value is -2.59. The topological polar surface area (TPSA) is 38.3 Å². The van der Waals surface area contributed by atoms with E-state index in [0.29, 0.717) is 11.5 Å². The number of rotatable bonds is 5. The lowest BCUT2D eigenvalue weighted by atomic mass is 10.3. The van der Waals surface area contributed by atoms with Crippen LogP contribution < -0.4 is 10.1 Å². The van der Waals surface area contributed by atoms with Gasteiger partial charge in [-0.15, -0.1) is 11.3 Å². The number of nitrogens with one attached hydrogen (secondary N) is 1. The molecule has 0 aliphatic rings. The molecule has 0 unspecified atom stereocenters. The molecule has 22 heavy (non-hydrogen) atoms. The van der Waals surface area contributed by atoms with E-state index in [4.69, 9.17) is 4.74 Å². The Bertz CT molecular complexity index is 738. The fourth-order valence-corrected chi connectivity index (χ4v) is 2.76. The van der Waals surface area contributed by atoms with Crippen LogP contribution in [0.4, 0.5) is 5.69 Å². The van der Waals surface area contributed by atoms with Crippen molar-refractivity contribution in [1.82, 2.24) is 0 Å². The van der Waals surface area contributed by atoms with E-state index in [0.717, 1.165) is 17.0 Å². The minimum Gasteiger partial charge on any atom is -0.489 e. The molecule has 1 amide bonds. The molecule has 2 aromatic carbocycles. The van der Waals surface area contributed by atoms with E-state index in [9.17, 15) is 4.79 Å². The summed E-state index contributed by atoms with van der Waals surface area (Å²) in [6.07, 6.45) is 0. The third kappa shape index (κ3) is 3.74. The fourth-order valence-electron chi connectivity index (χ4n) is 1.97. The second-order valence-corrected chi connectivity index (χ2v) is 5.65. The number of benzene rings is 2. The lowest BCUT2D eigenvalue weighted by Gasteiger charge is -2.04. The summed E-state index contributed by atoms with van der Waals surface area (Å²) in [5, 5.41) is 4.82. The van der Waals surface area contributed by atoms with Gasteiger partial charge in [-0.2, -0.15) is 0 Å². The Kier molecular flexibility index (Phi) is 4.51. The third-order valence-corrected chi connectivity index (χ3v) is 4.04. The summed E-state index contributed by atoms with van der Waals surface area (Å²) in [4.78, 5) is 12.8. The van der Waals surface area contributed by atoms with Crippen molar-refractivity contribution in [3.8, 4) is 5.75 Å². The van der Waals surface area contributed by atoms with Crippen molar-refractivity contribution in [2.45, 2.75) is 6.61 Å². The zero-order chi connectivity index (χ0) is 15.2. The Morgan fingerprint density at radius 3 is 2.41 bits per heavy atom. The van der Waals surface area contributed by atoms with Crippen molar-refractivity contribution in [2.75, 3.05) is 5.32 Å². The molecule has 110 valence electrons. The lowest BCUT2D eigenvalue weighted by Crippen LogP contribution is -2.09. The monoisotopic (exact) mass is 309 g/mol. The molecule has 3 nitrogen and oxygen atoms in total. The second-order valence-electron chi connectivity index (χ2n) is 4.74.